The molecule has 0 spiro atoms. The van der Waals surface area contributed by atoms with E-state index in [2.05, 4.69) is 9.78 Å². The average molecular weight is 245 g/mol. The maximum Gasteiger partial charge on any atom is 0.447 e. The summed E-state index contributed by atoms with van der Waals surface area (Å²) >= 11 is 20.2. The zero-order valence-electron chi connectivity index (χ0n) is 4.43. The molecule has 0 unspecified atom stereocenters. The molecule has 0 aromatic carbocycles. The monoisotopic (exact) mass is 243 g/mol. The first-order valence-corrected chi connectivity index (χ1v) is 6.27. The van der Waals surface area contributed by atoms with Gasteiger partial charge in [0, 0.05) is 22.5 Å². The highest BCUT2D eigenvalue weighted by Crippen LogP contribution is 2.57. The molecular formula is C2H2Cl4NO2P. The zero-order valence-corrected chi connectivity index (χ0v) is 8.35. The Bertz CT molecular complexity index is 176. The van der Waals surface area contributed by atoms with Crippen molar-refractivity contribution in [1.82, 2.24) is 0 Å². The molecule has 0 aromatic rings. The van der Waals surface area contributed by atoms with Gasteiger partial charge < -0.3 is 4.62 Å². The number of halogens is 4. The molecule has 0 saturated heterocycles. The maximum atomic E-state index is 10.3. The van der Waals surface area contributed by atoms with Crippen LogP contribution in [0.15, 0.2) is 5.16 Å². The SMILES string of the molecule is O=P(Cl)(Cl)O/N=C(\Cl)CCl. The number of oxime groups is 1. The van der Waals surface area contributed by atoms with Gasteiger partial charge in [0.25, 0.3) is 0 Å². The lowest BCUT2D eigenvalue weighted by atomic mass is 10.9. The summed E-state index contributed by atoms with van der Waals surface area (Å²) in [6, 6.07) is 0. The summed E-state index contributed by atoms with van der Waals surface area (Å²) in [4.78, 5) is 0. The van der Waals surface area contributed by atoms with Crippen LogP contribution in [0.5, 0.6) is 0 Å². The van der Waals surface area contributed by atoms with Crippen LogP contribution in [0.2, 0.25) is 0 Å². The predicted molar refractivity (Wildman–Crippen MR) is 44.4 cm³/mol. The minimum Gasteiger partial charge on any atom is -0.310 e. The molecule has 0 bridgehead atoms. The van der Waals surface area contributed by atoms with Gasteiger partial charge in [-0.25, -0.2) is 4.57 Å². The predicted octanol–water partition coefficient (Wildman–Crippen LogP) is 3.38. The molecule has 3 nitrogen and oxygen atoms in total. The lowest BCUT2D eigenvalue weighted by Gasteiger charge is -1.96. The number of alkyl halides is 1. The quantitative estimate of drug-likeness (QED) is 0.330. The third-order valence-electron chi connectivity index (χ3n) is 0.345. The maximum absolute atomic E-state index is 10.3. The molecule has 0 fully saturated rings. The first-order chi connectivity index (χ1) is 4.45. The first-order valence-electron chi connectivity index (χ1n) is 1.92. The molecule has 0 N–H and O–H groups in total. The number of hydrogen-bond donors (Lipinski definition) is 0. The van der Waals surface area contributed by atoms with Crippen molar-refractivity contribution in [1.29, 1.82) is 0 Å². The Kier molecular flexibility index (Phi) is 5.08. The second kappa shape index (κ2) is 4.68. The van der Waals surface area contributed by atoms with Gasteiger partial charge in [-0.1, -0.05) is 16.8 Å². The molecule has 10 heavy (non-hydrogen) atoms. The molecular weight excluding hydrogens is 243 g/mol. The fraction of sp³-hybridized carbons (Fsp3) is 0.500. The Morgan fingerprint density at radius 2 is 2.10 bits per heavy atom. The fourth-order valence-corrected chi connectivity index (χ4v) is 0.626. The Labute approximate surface area is 77.2 Å². The van der Waals surface area contributed by atoms with E-state index in [-0.39, 0.29) is 11.1 Å². The highest BCUT2D eigenvalue weighted by Gasteiger charge is 2.14. The van der Waals surface area contributed by atoms with Crippen LogP contribution in [0.3, 0.4) is 0 Å². The highest BCUT2D eigenvalue weighted by atomic mass is 35.9. The molecule has 60 valence electrons. The van der Waals surface area contributed by atoms with Gasteiger partial charge in [-0.2, -0.15) is 0 Å². The van der Waals surface area contributed by atoms with E-state index >= 15 is 0 Å². The Morgan fingerprint density at radius 1 is 1.60 bits per heavy atom. The molecule has 0 aliphatic carbocycles. The van der Waals surface area contributed by atoms with Gasteiger partial charge in [-0.3, -0.25) is 0 Å². The van der Waals surface area contributed by atoms with Gasteiger partial charge in [0.15, 0.2) is 5.17 Å². The summed E-state index contributed by atoms with van der Waals surface area (Å²) in [5, 5.41) is 2.97. The molecule has 0 aromatic heterocycles. The topological polar surface area (TPSA) is 38.7 Å². The third-order valence-corrected chi connectivity index (χ3v) is 1.58. The minimum absolute atomic E-state index is 0.0463. The molecule has 0 aliphatic heterocycles. The van der Waals surface area contributed by atoms with E-state index in [0.717, 1.165) is 0 Å². The van der Waals surface area contributed by atoms with E-state index in [0.29, 0.717) is 0 Å². The summed E-state index contributed by atoms with van der Waals surface area (Å²) in [6.07, 6.45) is -3.62. The van der Waals surface area contributed by atoms with Gasteiger partial charge in [-0.05, 0) is 0 Å². The summed E-state index contributed by atoms with van der Waals surface area (Å²) in [5.41, 5.74) is 0. The highest BCUT2D eigenvalue weighted by molar-refractivity contribution is 8.05. The van der Waals surface area contributed by atoms with Crippen LogP contribution in [0.4, 0.5) is 0 Å². The molecule has 0 rings (SSSR count). The molecule has 0 atom stereocenters. The van der Waals surface area contributed by atoms with Gasteiger partial charge in [0.1, 0.15) is 0 Å². The summed E-state index contributed by atoms with van der Waals surface area (Å²) < 4.78 is 14.4. The van der Waals surface area contributed by atoms with Gasteiger partial charge in [0.05, 0.1) is 5.88 Å². The van der Waals surface area contributed by atoms with Crippen molar-refractivity contribution in [2.24, 2.45) is 5.16 Å². The van der Waals surface area contributed by atoms with Crippen LogP contribution in [0, 0.1) is 0 Å². The molecule has 0 aliphatic rings. The Balaban J connectivity index is 3.85. The summed E-state index contributed by atoms with van der Waals surface area (Å²) in [7, 11) is 0. The van der Waals surface area contributed by atoms with E-state index < -0.39 is 6.07 Å². The second-order valence-electron chi connectivity index (χ2n) is 1.10. The number of hydrogen-bond acceptors (Lipinski definition) is 3. The molecule has 0 heterocycles. The summed E-state index contributed by atoms with van der Waals surface area (Å²) in [6.45, 7) is 0. The molecule has 0 saturated carbocycles. The van der Waals surface area contributed by atoms with Crippen LogP contribution in [-0.2, 0) is 9.19 Å². The van der Waals surface area contributed by atoms with Crippen LogP contribution in [-0.4, -0.2) is 11.1 Å². The standard InChI is InChI=1S/C2H2Cl4NO2P/c3-1-2(4)7-9-10(5,6)8/h1H2/b7-2-. The Hall–Kier alpha value is 0.860. The molecule has 0 amide bonds. The van der Waals surface area contributed by atoms with E-state index in [1.807, 2.05) is 0 Å². The van der Waals surface area contributed by atoms with Crippen molar-refractivity contribution in [2.45, 2.75) is 0 Å². The first kappa shape index (κ1) is 10.9. The smallest absolute Gasteiger partial charge is 0.310 e. The number of nitrogens with zero attached hydrogens (tertiary/aromatic N) is 1. The fourth-order valence-electron chi connectivity index (χ4n) is 0.116. The van der Waals surface area contributed by atoms with Crippen molar-refractivity contribution in [3.8, 4) is 0 Å². The van der Waals surface area contributed by atoms with Crippen LogP contribution < -0.4 is 0 Å². The Morgan fingerprint density at radius 3 is 2.40 bits per heavy atom. The van der Waals surface area contributed by atoms with Gasteiger partial charge in [0.2, 0.25) is 0 Å². The summed E-state index contributed by atoms with van der Waals surface area (Å²) in [5.74, 6) is -0.0463. The number of rotatable bonds is 3. The van der Waals surface area contributed by atoms with E-state index in [1.165, 1.54) is 0 Å². The van der Waals surface area contributed by atoms with Crippen molar-refractivity contribution in [2.75, 3.05) is 5.88 Å². The lowest BCUT2D eigenvalue weighted by molar-refractivity contribution is 0.358. The van der Waals surface area contributed by atoms with Crippen molar-refractivity contribution in [3.05, 3.63) is 0 Å². The van der Waals surface area contributed by atoms with E-state index in [4.69, 9.17) is 45.7 Å². The van der Waals surface area contributed by atoms with E-state index in [1.54, 1.807) is 0 Å². The van der Waals surface area contributed by atoms with Crippen molar-refractivity contribution in [3.63, 3.8) is 0 Å². The third kappa shape index (κ3) is 6.97. The van der Waals surface area contributed by atoms with Crippen LogP contribution in [0.1, 0.15) is 0 Å². The minimum atomic E-state index is -3.62. The lowest BCUT2D eigenvalue weighted by Crippen LogP contribution is -1.87. The van der Waals surface area contributed by atoms with Crippen LogP contribution in [0.25, 0.3) is 0 Å². The van der Waals surface area contributed by atoms with E-state index in [9.17, 15) is 4.57 Å². The molecule has 8 heteroatoms. The molecule has 0 radical (unpaired) electrons. The van der Waals surface area contributed by atoms with Gasteiger partial charge in [-0.15, -0.1) is 11.6 Å². The normalized spacial score (nSPS) is 13.4. The van der Waals surface area contributed by atoms with Crippen molar-refractivity contribution < 1.29 is 9.19 Å². The second-order valence-corrected chi connectivity index (χ2v) is 5.98. The zero-order chi connectivity index (χ0) is 8.20. The largest absolute Gasteiger partial charge is 0.447 e. The van der Waals surface area contributed by atoms with Crippen LogP contribution >= 0.6 is 51.8 Å². The van der Waals surface area contributed by atoms with Gasteiger partial charge >= 0.3 is 6.07 Å². The average Bonchev–Trinajstić information content (AvgIpc) is 1.81. The van der Waals surface area contributed by atoms with Crippen molar-refractivity contribution >= 4 is 56.9 Å².